The lowest BCUT2D eigenvalue weighted by Crippen LogP contribution is -2.34. The van der Waals surface area contributed by atoms with Gasteiger partial charge in [-0.25, -0.2) is 4.68 Å². The Labute approximate surface area is 258 Å². The summed E-state index contributed by atoms with van der Waals surface area (Å²) < 4.78 is 13.7. The molecule has 4 rings (SSSR count). The van der Waals surface area contributed by atoms with Gasteiger partial charge < -0.3 is 25.0 Å². The summed E-state index contributed by atoms with van der Waals surface area (Å²) >= 11 is 1.57. The molecule has 3 aromatic rings. The third-order valence-electron chi connectivity index (χ3n) is 7.42. The topological polar surface area (TPSA) is 111 Å². The van der Waals surface area contributed by atoms with Gasteiger partial charge in [0.15, 0.2) is 18.1 Å². The average Bonchev–Trinajstić information content (AvgIpc) is 3.40. The molecule has 11 heteroatoms. The molecule has 230 valence electrons. The zero-order chi connectivity index (χ0) is 31.1. The van der Waals surface area contributed by atoms with E-state index in [4.69, 9.17) is 19.6 Å². The molecular formula is C32H42N6O4S. The van der Waals surface area contributed by atoms with E-state index in [1.165, 1.54) is 0 Å². The van der Waals surface area contributed by atoms with E-state index in [9.17, 15) is 9.59 Å². The summed E-state index contributed by atoms with van der Waals surface area (Å²) in [7, 11) is 0. The maximum Gasteiger partial charge on any atom is 0.260 e. The standard InChI is InChI=1S/C32H42N6O4S/c1-8-17-43-32-35-31-33-22(7)28(30(40)34-24-14-12-13-20(5)21(24)6)29(38(31)36-32)23-15-16-25(26(18-23)41-11-4)42-19-27(39)37(9-2)10-3/h12-16,18,29H,8-11,17,19H2,1-7H3,(H,34,40)(H,33,35,36). The second kappa shape index (κ2) is 14.5. The number of nitrogens with one attached hydrogen (secondary N) is 2. The molecule has 10 nitrogen and oxygen atoms in total. The molecule has 0 saturated carbocycles. The van der Waals surface area contributed by atoms with Crippen LogP contribution in [-0.2, 0) is 9.59 Å². The fourth-order valence-corrected chi connectivity index (χ4v) is 5.64. The molecule has 43 heavy (non-hydrogen) atoms. The number of rotatable bonds is 13. The molecule has 1 unspecified atom stereocenters. The van der Waals surface area contributed by atoms with Crippen molar-refractivity contribution in [1.29, 1.82) is 0 Å². The second-order valence-electron chi connectivity index (χ2n) is 10.3. The van der Waals surface area contributed by atoms with Crippen molar-refractivity contribution < 1.29 is 19.1 Å². The molecule has 1 aliphatic heterocycles. The number of anilines is 2. The first-order chi connectivity index (χ1) is 20.7. The minimum Gasteiger partial charge on any atom is -0.490 e. The Hall–Kier alpha value is -3.99. The van der Waals surface area contributed by atoms with Gasteiger partial charge in [0.1, 0.15) is 6.04 Å². The van der Waals surface area contributed by atoms with E-state index in [-0.39, 0.29) is 18.4 Å². The summed E-state index contributed by atoms with van der Waals surface area (Å²) in [5.74, 6) is 2.05. The maximum absolute atomic E-state index is 14.0. The minimum absolute atomic E-state index is 0.0943. The Morgan fingerprint density at radius 2 is 1.81 bits per heavy atom. The highest BCUT2D eigenvalue weighted by Crippen LogP contribution is 2.40. The summed E-state index contributed by atoms with van der Waals surface area (Å²) in [5.41, 5.74) is 4.82. The molecule has 1 aliphatic rings. The molecule has 0 bridgehead atoms. The van der Waals surface area contributed by atoms with Gasteiger partial charge in [0.25, 0.3) is 11.8 Å². The van der Waals surface area contributed by atoms with Gasteiger partial charge in [0, 0.05) is 30.2 Å². The molecule has 0 aliphatic carbocycles. The molecule has 0 saturated heterocycles. The van der Waals surface area contributed by atoms with E-state index >= 15 is 0 Å². The Morgan fingerprint density at radius 3 is 2.51 bits per heavy atom. The van der Waals surface area contributed by atoms with E-state index in [0.29, 0.717) is 53.6 Å². The van der Waals surface area contributed by atoms with E-state index in [1.807, 2.05) is 71.9 Å². The van der Waals surface area contributed by atoms with E-state index in [1.54, 1.807) is 27.4 Å². The number of hydrogen-bond acceptors (Lipinski definition) is 8. The van der Waals surface area contributed by atoms with Gasteiger partial charge in [0.2, 0.25) is 11.1 Å². The number of amides is 2. The normalized spacial score (nSPS) is 14.2. The number of nitrogens with zero attached hydrogens (tertiary/aromatic N) is 4. The van der Waals surface area contributed by atoms with Crippen molar-refractivity contribution >= 4 is 35.2 Å². The molecule has 2 heterocycles. The van der Waals surface area contributed by atoms with Crippen LogP contribution in [0.1, 0.15) is 63.8 Å². The zero-order valence-corrected chi connectivity index (χ0v) is 26.9. The van der Waals surface area contributed by atoms with Gasteiger partial charge in [0.05, 0.1) is 12.2 Å². The second-order valence-corrected chi connectivity index (χ2v) is 11.3. The van der Waals surface area contributed by atoms with Crippen molar-refractivity contribution in [2.75, 3.05) is 42.7 Å². The molecule has 0 radical (unpaired) electrons. The summed E-state index contributed by atoms with van der Waals surface area (Å²) in [4.78, 5) is 33.1. The predicted molar refractivity (Wildman–Crippen MR) is 171 cm³/mol. The van der Waals surface area contributed by atoms with Gasteiger partial charge in [-0.05, 0) is 82.9 Å². The Bertz CT molecular complexity index is 1500. The third-order valence-corrected chi connectivity index (χ3v) is 8.46. The van der Waals surface area contributed by atoms with Crippen molar-refractivity contribution in [3.05, 3.63) is 64.4 Å². The number of fused-ring (bicyclic) bond motifs is 1. The number of benzene rings is 2. The number of thioether (sulfide) groups is 1. The van der Waals surface area contributed by atoms with E-state index in [0.717, 1.165) is 34.6 Å². The van der Waals surface area contributed by atoms with Crippen molar-refractivity contribution in [2.45, 2.75) is 66.1 Å². The van der Waals surface area contributed by atoms with E-state index in [2.05, 4.69) is 17.6 Å². The average molecular weight is 607 g/mol. The van der Waals surface area contributed by atoms with Crippen LogP contribution in [0, 0.1) is 13.8 Å². The molecule has 2 aromatic carbocycles. The molecular weight excluding hydrogens is 564 g/mol. The Kier molecular flexibility index (Phi) is 10.7. The highest BCUT2D eigenvalue weighted by molar-refractivity contribution is 7.99. The number of aryl methyl sites for hydroxylation is 1. The fourth-order valence-electron chi connectivity index (χ4n) is 4.95. The first-order valence-electron chi connectivity index (χ1n) is 14.8. The molecule has 0 fully saturated rings. The highest BCUT2D eigenvalue weighted by atomic mass is 32.2. The first-order valence-corrected chi connectivity index (χ1v) is 15.8. The fraction of sp³-hybridized carbons (Fsp3) is 0.438. The van der Waals surface area contributed by atoms with Crippen molar-refractivity contribution in [1.82, 2.24) is 19.7 Å². The number of likely N-dealkylation sites (N-methyl/N-ethyl adjacent to an activating group) is 1. The Balaban J connectivity index is 1.75. The molecule has 2 amide bonds. The maximum atomic E-state index is 14.0. The number of carbonyl (C=O) groups is 2. The van der Waals surface area contributed by atoms with Crippen LogP contribution < -0.4 is 20.1 Å². The van der Waals surface area contributed by atoms with Crippen LogP contribution in [0.3, 0.4) is 0 Å². The highest BCUT2D eigenvalue weighted by Gasteiger charge is 2.35. The summed E-state index contributed by atoms with van der Waals surface area (Å²) in [5, 5.41) is 11.9. The molecule has 1 atom stereocenters. The third kappa shape index (κ3) is 7.15. The predicted octanol–water partition coefficient (Wildman–Crippen LogP) is 5.97. The quantitative estimate of drug-likeness (QED) is 0.229. The summed E-state index contributed by atoms with van der Waals surface area (Å²) in [6.07, 6.45) is 0.988. The minimum atomic E-state index is -0.588. The van der Waals surface area contributed by atoms with Gasteiger partial charge in [-0.2, -0.15) is 4.98 Å². The van der Waals surface area contributed by atoms with Crippen molar-refractivity contribution in [3.63, 3.8) is 0 Å². The lowest BCUT2D eigenvalue weighted by atomic mass is 9.94. The van der Waals surface area contributed by atoms with Crippen LogP contribution in [0.2, 0.25) is 0 Å². The van der Waals surface area contributed by atoms with Crippen LogP contribution in [0.25, 0.3) is 0 Å². The van der Waals surface area contributed by atoms with Crippen molar-refractivity contribution in [2.24, 2.45) is 0 Å². The SMILES string of the molecule is CCCSc1nc2n(n1)C(c1ccc(OCC(=O)N(CC)CC)c(OCC)c1)C(C(=O)Nc1cccc(C)c1C)=C(C)N2. The molecule has 1 aromatic heterocycles. The van der Waals surface area contributed by atoms with Gasteiger partial charge in [-0.15, -0.1) is 5.10 Å². The number of allylic oxidation sites excluding steroid dienone is 1. The van der Waals surface area contributed by atoms with Crippen LogP contribution in [0.15, 0.2) is 52.8 Å². The number of ether oxygens (including phenoxy) is 2. The van der Waals surface area contributed by atoms with E-state index < -0.39 is 6.04 Å². The molecule has 2 N–H and O–H groups in total. The van der Waals surface area contributed by atoms with Crippen LogP contribution in [0.4, 0.5) is 11.6 Å². The van der Waals surface area contributed by atoms with Gasteiger partial charge in [-0.3, -0.25) is 9.59 Å². The Morgan fingerprint density at radius 1 is 1.05 bits per heavy atom. The first kappa shape index (κ1) is 31.9. The number of aromatic nitrogens is 3. The lowest BCUT2D eigenvalue weighted by Gasteiger charge is -2.29. The monoisotopic (exact) mass is 606 g/mol. The summed E-state index contributed by atoms with van der Waals surface area (Å²) in [6, 6.07) is 10.8. The zero-order valence-electron chi connectivity index (χ0n) is 26.1. The van der Waals surface area contributed by atoms with Crippen LogP contribution in [0.5, 0.6) is 11.5 Å². The number of hydrogen-bond donors (Lipinski definition) is 2. The van der Waals surface area contributed by atoms with Gasteiger partial charge >= 0.3 is 0 Å². The lowest BCUT2D eigenvalue weighted by molar-refractivity contribution is -0.133. The van der Waals surface area contributed by atoms with Crippen LogP contribution in [-0.4, -0.2) is 63.5 Å². The van der Waals surface area contributed by atoms with Crippen LogP contribution >= 0.6 is 11.8 Å². The van der Waals surface area contributed by atoms with Crippen molar-refractivity contribution in [3.8, 4) is 11.5 Å². The largest absolute Gasteiger partial charge is 0.490 e. The number of carbonyl (C=O) groups excluding carboxylic acids is 2. The van der Waals surface area contributed by atoms with Gasteiger partial charge in [-0.1, -0.05) is 36.9 Å². The summed E-state index contributed by atoms with van der Waals surface area (Å²) in [6.45, 7) is 15.3. The molecule has 0 spiro atoms. The smallest absolute Gasteiger partial charge is 0.260 e.